The Kier molecular flexibility index (Phi) is 5.69. The summed E-state index contributed by atoms with van der Waals surface area (Å²) in [6.07, 6.45) is 2.65. The molecule has 10 heteroatoms. The first-order valence-corrected chi connectivity index (χ1v) is 9.89. The van der Waals surface area contributed by atoms with Crippen LogP contribution in [0.3, 0.4) is 0 Å². The van der Waals surface area contributed by atoms with E-state index in [0.717, 1.165) is 12.8 Å². The molecule has 2 fully saturated rings. The number of ketones is 1. The molecule has 1 aromatic rings. The van der Waals surface area contributed by atoms with Crippen molar-refractivity contribution in [2.24, 2.45) is 5.92 Å². The van der Waals surface area contributed by atoms with E-state index < -0.39 is 36.0 Å². The molecule has 3 N–H and O–H groups in total. The summed E-state index contributed by atoms with van der Waals surface area (Å²) in [5, 5.41) is 3.35. The van der Waals surface area contributed by atoms with E-state index in [-0.39, 0.29) is 11.5 Å². The minimum absolute atomic E-state index is 0.0794. The lowest BCUT2D eigenvalue weighted by molar-refractivity contribution is -0.141. The number of nitrogens with zero attached hydrogens (tertiary/aromatic N) is 1. The second kappa shape index (κ2) is 7.92. The number of hydrogen-bond acceptors (Lipinski definition) is 6. The molecule has 0 aromatic carbocycles. The van der Waals surface area contributed by atoms with Gasteiger partial charge in [0.25, 0.3) is 11.8 Å². The maximum atomic E-state index is 12.7. The molecule has 1 aromatic heterocycles. The number of aromatic nitrogens is 1. The molecule has 1 saturated heterocycles. The van der Waals surface area contributed by atoms with Crippen LogP contribution < -0.4 is 10.7 Å². The van der Waals surface area contributed by atoms with E-state index in [1.165, 1.54) is 6.92 Å². The lowest BCUT2D eigenvalue weighted by Crippen LogP contribution is -2.52. The van der Waals surface area contributed by atoms with Gasteiger partial charge in [-0.1, -0.05) is 6.92 Å². The van der Waals surface area contributed by atoms with Crippen LogP contribution in [0.4, 0.5) is 4.79 Å². The predicted octanol–water partition coefficient (Wildman–Crippen LogP) is 1.52. The van der Waals surface area contributed by atoms with Crippen molar-refractivity contribution in [3.05, 3.63) is 22.5 Å². The van der Waals surface area contributed by atoms with E-state index in [9.17, 15) is 24.0 Å². The molecule has 0 unspecified atom stereocenters. The average Bonchev–Trinajstić information content (AvgIpc) is 3.10. The number of nitrogens with one attached hydrogen (secondary N) is 3. The predicted molar refractivity (Wildman–Crippen MR) is 104 cm³/mol. The van der Waals surface area contributed by atoms with Gasteiger partial charge >= 0.3 is 12.0 Å². The largest absolute Gasteiger partial charge is 0.451 e. The Bertz CT molecular complexity index is 926. The molecule has 2 aliphatic rings. The molecule has 30 heavy (non-hydrogen) atoms. The van der Waals surface area contributed by atoms with Gasteiger partial charge in [-0.2, -0.15) is 5.01 Å². The minimum Gasteiger partial charge on any atom is -0.451 e. The van der Waals surface area contributed by atoms with Gasteiger partial charge in [0.05, 0.1) is 0 Å². The Morgan fingerprint density at radius 2 is 1.83 bits per heavy atom. The highest BCUT2D eigenvalue weighted by atomic mass is 16.5. The number of hydrazine groups is 1. The van der Waals surface area contributed by atoms with Crippen LogP contribution >= 0.6 is 0 Å². The van der Waals surface area contributed by atoms with E-state index in [0.29, 0.717) is 40.6 Å². The van der Waals surface area contributed by atoms with Crippen molar-refractivity contribution in [2.45, 2.75) is 58.9 Å². The number of ether oxygens (including phenoxy) is 1. The van der Waals surface area contributed by atoms with Gasteiger partial charge in [-0.3, -0.25) is 19.8 Å². The van der Waals surface area contributed by atoms with Crippen molar-refractivity contribution in [1.29, 1.82) is 0 Å². The van der Waals surface area contributed by atoms with Crippen molar-refractivity contribution in [3.8, 4) is 0 Å². The van der Waals surface area contributed by atoms with E-state index in [2.05, 4.69) is 22.7 Å². The first-order chi connectivity index (χ1) is 14.1. The zero-order chi connectivity index (χ0) is 22.2. The molecule has 4 amide bonds. The quantitative estimate of drug-likeness (QED) is 0.377. The molecule has 0 atom stereocenters. The van der Waals surface area contributed by atoms with Crippen molar-refractivity contribution in [3.63, 3.8) is 0 Å². The van der Waals surface area contributed by atoms with Crippen LogP contribution in [-0.4, -0.2) is 51.7 Å². The second-order valence-corrected chi connectivity index (χ2v) is 8.13. The fourth-order valence-electron chi connectivity index (χ4n) is 4.16. The fraction of sp³-hybridized carbons (Fsp3) is 0.550. The summed E-state index contributed by atoms with van der Waals surface area (Å²) in [6, 6.07) is -0.698. The van der Waals surface area contributed by atoms with Crippen LogP contribution in [0.1, 0.15) is 71.6 Å². The van der Waals surface area contributed by atoms with Crippen LogP contribution in [0.2, 0.25) is 0 Å². The number of imide groups is 1. The third-order valence-corrected chi connectivity index (χ3v) is 5.85. The molecule has 1 spiro atoms. The van der Waals surface area contributed by atoms with E-state index in [1.807, 2.05) is 0 Å². The van der Waals surface area contributed by atoms with E-state index in [4.69, 9.17) is 4.74 Å². The maximum absolute atomic E-state index is 12.7. The molecule has 1 aliphatic carbocycles. The maximum Gasteiger partial charge on any atom is 0.355 e. The summed E-state index contributed by atoms with van der Waals surface area (Å²) in [6.45, 7) is 6.06. The van der Waals surface area contributed by atoms with Gasteiger partial charge in [-0.05, 0) is 57.9 Å². The lowest BCUT2D eigenvalue weighted by atomic mass is 9.77. The van der Waals surface area contributed by atoms with Gasteiger partial charge in [0.1, 0.15) is 11.2 Å². The molecule has 0 bridgehead atoms. The Hall–Kier alpha value is -3.17. The molecule has 1 aliphatic heterocycles. The summed E-state index contributed by atoms with van der Waals surface area (Å²) in [7, 11) is 0. The average molecular weight is 418 g/mol. The summed E-state index contributed by atoms with van der Waals surface area (Å²) in [5.41, 5.74) is 2.68. The van der Waals surface area contributed by atoms with Crippen molar-refractivity contribution >= 4 is 29.6 Å². The zero-order valence-electron chi connectivity index (χ0n) is 17.5. The van der Waals surface area contributed by atoms with Crippen LogP contribution in [-0.2, 0) is 14.3 Å². The fourth-order valence-corrected chi connectivity index (χ4v) is 4.16. The number of Topliss-reactive ketones (excluding diaryl/α,β-unsaturated/α-hetero) is 1. The van der Waals surface area contributed by atoms with Gasteiger partial charge < -0.3 is 15.0 Å². The molecule has 2 heterocycles. The number of urea groups is 1. The van der Waals surface area contributed by atoms with Gasteiger partial charge in [-0.25, -0.2) is 9.59 Å². The van der Waals surface area contributed by atoms with Crippen molar-refractivity contribution in [2.75, 3.05) is 6.61 Å². The number of carbonyl (C=O) groups excluding carboxylic acids is 5. The molecule has 3 rings (SSSR count). The monoisotopic (exact) mass is 418 g/mol. The Morgan fingerprint density at radius 3 is 2.40 bits per heavy atom. The van der Waals surface area contributed by atoms with Crippen LogP contribution in [0.5, 0.6) is 0 Å². The first-order valence-electron chi connectivity index (χ1n) is 9.89. The summed E-state index contributed by atoms with van der Waals surface area (Å²) >= 11 is 0. The summed E-state index contributed by atoms with van der Waals surface area (Å²) in [4.78, 5) is 63.9. The molecule has 1 saturated carbocycles. The number of aryl methyl sites for hydroxylation is 1. The lowest BCUT2D eigenvalue weighted by Gasteiger charge is -2.33. The Balaban J connectivity index is 1.59. The van der Waals surface area contributed by atoms with Crippen molar-refractivity contribution in [1.82, 2.24) is 20.7 Å². The number of amides is 4. The highest BCUT2D eigenvalue weighted by Crippen LogP contribution is 2.35. The Morgan fingerprint density at radius 1 is 1.20 bits per heavy atom. The van der Waals surface area contributed by atoms with Gasteiger partial charge in [0.2, 0.25) is 0 Å². The van der Waals surface area contributed by atoms with E-state index >= 15 is 0 Å². The topological polar surface area (TPSA) is 138 Å². The molecule has 0 radical (unpaired) electrons. The standard InChI is InChI=1S/C20H26N4O6/c1-10-5-7-20(8-6-10)18(28)24(19(29)22-20)23-14(26)9-30-17(27)16-11(2)15(13(4)25)12(3)21-16/h10,21H,5-9H2,1-4H3,(H,22,29)(H,23,26). The smallest absolute Gasteiger partial charge is 0.355 e. The summed E-state index contributed by atoms with van der Waals surface area (Å²) in [5.74, 6) is -1.84. The third-order valence-electron chi connectivity index (χ3n) is 5.85. The van der Waals surface area contributed by atoms with Crippen LogP contribution in [0.15, 0.2) is 0 Å². The van der Waals surface area contributed by atoms with Crippen LogP contribution in [0, 0.1) is 19.8 Å². The highest BCUT2D eigenvalue weighted by molar-refractivity contribution is 6.08. The van der Waals surface area contributed by atoms with Gasteiger partial charge in [0, 0.05) is 11.3 Å². The third kappa shape index (κ3) is 3.81. The Labute approximate surface area is 173 Å². The second-order valence-electron chi connectivity index (χ2n) is 8.13. The normalized spacial score (nSPS) is 23.5. The number of carbonyl (C=O) groups is 5. The minimum atomic E-state index is -0.977. The zero-order valence-corrected chi connectivity index (χ0v) is 17.5. The molecule has 10 nitrogen and oxygen atoms in total. The molecular formula is C20H26N4O6. The number of esters is 1. The number of aromatic amines is 1. The summed E-state index contributed by atoms with van der Waals surface area (Å²) < 4.78 is 4.99. The first kappa shape index (κ1) is 21.5. The number of rotatable bonds is 5. The van der Waals surface area contributed by atoms with Gasteiger partial charge in [0.15, 0.2) is 12.4 Å². The van der Waals surface area contributed by atoms with E-state index in [1.54, 1.807) is 13.8 Å². The molecular weight excluding hydrogens is 392 g/mol. The highest BCUT2D eigenvalue weighted by Gasteiger charge is 2.52. The number of hydrogen-bond donors (Lipinski definition) is 3. The number of H-pyrrole nitrogens is 1. The molecule has 162 valence electrons. The SMILES string of the molecule is CC(=O)c1c(C)[nH]c(C(=O)OCC(=O)NN2C(=O)NC3(CCC(C)CC3)C2=O)c1C. The van der Waals surface area contributed by atoms with Crippen molar-refractivity contribution < 1.29 is 28.7 Å². The van der Waals surface area contributed by atoms with Crippen LogP contribution in [0.25, 0.3) is 0 Å². The van der Waals surface area contributed by atoms with Gasteiger partial charge in [-0.15, -0.1) is 0 Å².